The van der Waals surface area contributed by atoms with Crippen molar-refractivity contribution in [3.05, 3.63) is 59.2 Å². The first-order valence-electron chi connectivity index (χ1n) is 8.03. The van der Waals surface area contributed by atoms with E-state index >= 15 is 0 Å². The van der Waals surface area contributed by atoms with Gasteiger partial charge in [0.1, 0.15) is 11.6 Å². The molecule has 2 rings (SSSR count). The fraction of sp³-hybridized carbons (Fsp3) is 0.368. The average Bonchev–Trinajstić information content (AvgIpc) is 2.60. The van der Waals surface area contributed by atoms with Gasteiger partial charge < -0.3 is 15.2 Å². The average molecular weight is 335 g/mol. The van der Waals surface area contributed by atoms with Crippen LogP contribution in [0.15, 0.2) is 36.4 Å². The number of nitrogens with two attached hydrogens (primary N) is 1. The molecule has 0 saturated carbocycles. The minimum absolute atomic E-state index is 0.219. The maximum atomic E-state index is 14.0. The van der Waals surface area contributed by atoms with Crippen LogP contribution < -0.4 is 15.2 Å². The molecule has 0 spiro atoms. The maximum Gasteiger partial charge on any atom is 0.161 e. The Morgan fingerprint density at radius 2 is 1.88 bits per heavy atom. The molecule has 5 heteroatoms. The first-order valence-corrected chi connectivity index (χ1v) is 8.03. The fourth-order valence-corrected chi connectivity index (χ4v) is 2.60. The second-order valence-electron chi connectivity index (χ2n) is 5.64. The maximum absolute atomic E-state index is 14.0. The zero-order valence-electron chi connectivity index (χ0n) is 14.0. The molecule has 0 bridgehead atoms. The van der Waals surface area contributed by atoms with E-state index in [-0.39, 0.29) is 12.5 Å². The number of hydrogen-bond donors (Lipinski definition) is 1. The smallest absolute Gasteiger partial charge is 0.161 e. The molecule has 1 unspecified atom stereocenters. The molecule has 130 valence electrons. The summed E-state index contributed by atoms with van der Waals surface area (Å²) in [6, 6.07) is 9.03. The van der Waals surface area contributed by atoms with Gasteiger partial charge in [0.2, 0.25) is 0 Å². The second kappa shape index (κ2) is 8.64. The Labute approximate surface area is 141 Å². The number of methoxy groups -OCH3 is 1. The summed E-state index contributed by atoms with van der Waals surface area (Å²) in [5, 5.41) is 0. The highest BCUT2D eigenvalue weighted by Gasteiger charge is 2.17. The summed E-state index contributed by atoms with van der Waals surface area (Å²) in [5.41, 5.74) is 7.01. The van der Waals surface area contributed by atoms with Crippen molar-refractivity contribution in [2.24, 2.45) is 5.73 Å². The molecule has 2 aromatic rings. The predicted octanol–water partition coefficient (Wildman–Crippen LogP) is 4.05. The van der Waals surface area contributed by atoms with Gasteiger partial charge in [0.15, 0.2) is 11.5 Å². The predicted molar refractivity (Wildman–Crippen MR) is 90.6 cm³/mol. The van der Waals surface area contributed by atoms with Gasteiger partial charge in [-0.2, -0.15) is 0 Å². The molecule has 0 amide bonds. The van der Waals surface area contributed by atoms with Gasteiger partial charge in [-0.1, -0.05) is 13.0 Å². The van der Waals surface area contributed by atoms with Gasteiger partial charge in [-0.25, -0.2) is 8.78 Å². The molecule has 3 nitrogen and oxygen atoms in total. The summed E-state index contributed by atoms with van der Waals surface area (Å²) in [6.45, 7) is 2.85. The van der Waals surface area contributed by atoms with Crippen LogP contribution in [0, 0.1) is 11.6 Å². The highest BCUT2D eigenvalue weighted by atomic mass is 19.1. The molecule has 0 heterocycles. The zero-order valence-corrected chi connectivity index (χ0v) is 14.0. The molecule has 0 radical (unpaired) electrons. The lowest BCUT2D eigenvalue weighted by Crippen LogP contribution is -2.16. The molecule has 0 aliphatic heterocycles. The Morgan fingerprint density at radius 3 is 2.54 bits per heavy atom. The highest BCUT2D eigenvalue weighted by Crippen LogP contribution is 2.31. The van der Waals surface area contributed by atoms with Crippen LogP contribution in [0.3, 0.4) is 0 Å². The minimum atomic E-state index is -0.467. The molecular formula is C19H23F2NO2. The Morgan fingerprint density at radius 1 is 1.08 bits per heavy atom. The Balaban J connectivity index is 2.23. The topological polar surface area (TPSA) is 44.5 Å². The van der Waals surface area contributed by atoms with E-state index < -0.39 is 11.6 Å². The largest absolute Gasteiger partial charge is 0.493 e. The van der Waals surface area contributed by atoms with E-state index in [4.69, 9.17) is 15.2 Å². The van der Waals surface area contributed by atoms with E-state index in [1.54, 1.807) is 7.11 Å². The van der Waals surface area contributed by atoms with Crippen LogP contribution >= 0.6 is 0 Å². The van der Waals surface area contributed by atoms with Crippen molar-refractivity contribution in [2.75, 3.05) is 20.3 Å². The van der Waals surface area contributed by atoms with E-state index in [1.807, 2.05) is 25.1 Å². The lowest BCUT2D eigenvalue weighted by molar-refractivity contribution is 0.294. The fourth-order valence-electron chi connectivity index (χ4n) is 2.60. The Kier molecular flexibility index (Phi) is 6.55. The molecule has 2 N–H and O–H groups in total. The summed E-state index contributed by atoms with van der Waals surface area (Å²) in [6.07, 6.45) is 1.39. The molecule has 0 aliphatic carbocycles. The van der Waals surface area contributed by atoms with Crippen molar-refractivity contribution in [3.8, 4) is 11.5 Å². The van der Waals surface area contributed by atoms with Crippen LogP contribution in [0.2, 0.25) is 0 Å². The Bertz CT molecular complexity index is 676. The van der Waals surface area contributed by atoms with Gasteiger partial charge in [0, 0.05) is 5.92 Å². The molecule has 0 fully saturated rings. The van der Waals surface area contributed by atoms with Crippen molar-refractivity contribution in [3.63, 3.8) is 0 Å². The normalized spacial score (nSPS) is 12.0. The number of ether oxygens (including phenoxy) is 2. The summed E-state index contributed by atoms with van der Waals surface area (Å²) < 4.78 is 38.4. The van der Waals surface area contributed by atoms with E-state index in [0.717, 1.165) is 24.1 Å². The summed E-state index contributed by atoms with van der Waals surface area (Å²) in [5.74, 6) is 0.0704. The first kappa shape index (κ1) is 18.2. The van der Waals surface area contributed by atoms with Gasteiger partial charge >= 0.3 is 0 Å². The van der Waals surface area contributed by atoms with Crippen LogP contribution in [0.4, 0.5) is 8.78 Å². The van der Waals surface area contributed by atoms with Gasteiger partial charge in [-0.15, -0.1) is 0 Å². The molecule has 2 aromatic carbocycles. The minimum Gasteiger partial charge on any atom is -0.493 e. The van der Waals surface area contributed by atoms with E-state index in [9.17, 15) is 8.78 Å². The molecule has 24 heavy (non-hydrogen) atoms. The van der Waals surface area contributed by atoms with Gasteiger partial charge in [0.25, 0.3) is 0 Å². The van der Waals surface area contributed by atoms with Crippen molar-refractivity contribution >= 4 is 0 Å². The Hall–Kier alpha value is -2.14. The summed E-state index contributed by atoms with van der Waals surface area (Å²) >= 11 is 0. The second-order valence-corrected chi connectivity index (χ2v) is 5.64. The third kappa shape index (κ3) is 4.45. The van der Waals surface area contributed by atoms with E-state index in [1.165, 1.54) is 6.07 Å². The van der Waals surface area contributed by atoms with Crippen molar-refractivity contribution in [1.82, 2.24) is 0 Å². The van der Waals surface area contributed by atoms with E-state index in [0.29, 0.717) is 30.1 Å². The summed E-state index contributed by atoms with van der Waals surface area (Å²) in [4.78, 5) is 0. The van der Waals surface area contributed by atoms with Crippen LogP contribution in [0.25, 0.3) is 0 Å². The van der Waals surface area contributed by atoms with Crippen molar-refractivity contribution in [1.29, 1.82) is 0 Å². The quantitative estimate of drug-likeness (QED) is 0.791. The number of benzene rings is 2. The zero-order chi connectivity index (χ0) is 17.5. The van der Waals surface area contributed by atoms with Crippen molar-refractivity contribution < 1.29 is 18.3 Å². The lowest BCUT2D eigenvalue weighted by atomic mass is 9.91. The van der Waals surface area contributed by atoms with Gasteiger partial charge in [-0.3, -0.25) is 0 Å². The third-order valence-corrected chi connectivity index (χ3v) is 3.85. The van der Waals surface area contributed by atoms with Crippen molar-refractivity contribution in [2.45, 2.75) is 25.7 Å². The summed E-state index contributed by atoms with van der Waals surface area (Å²) in [7, 11) is 1.57. The lowest BCUT2D eigenvalue weighted by Gasteiger charge is -2.18. The van der Waals surface area contributed by atoms with Crippen LogP contribution in [-0.2, 0) is 6.42 Å². The van der Waals surface area contributed by atoms with Crippen LogP contribution in [-0.4, -0.2) is 20.3 Å². The molecule has 0 aromatic heterocycles. The van der Waals surface area contributed by atoms with Gasteiger partial charge in [0.05, 0.1) is 13.7 Å². The standard InChI is InChI=1S/C19H23F2NO2/c1-3-8-24-18-7-4-13(10-19(18)23-2)9-14(12-22)16-11-15(20)5-6-17(16)21/h4-7,10-11,14H,3,8-9,12,22H2,1-2H3. The SMILES string of the molecule is CCCOc1ccc(CC(CN)c2cc(F)ccc2F)cc1OC. The molecule has 1 atom stereocenters. The highest BCUT2D eigenvalue weighted by molar-refractivity contribution is 5.43. The van der Waals surface area contributed by atoms with Crippen LogP contribution in [0.1, 0.15) is 30.4 Å². The number of hydrogen-bond acceptors (Lipinski definition) is 3. The molecule has 0 saturated heterocycles. The number of rotatable bonds is 8. The van der Waals surface area contributed by atoms with E-state index in [2.05, 4.69) is 0 Å². The van der Waals surface area contributed by atoms with Gasteiger partial charge in [-0.05, 0) is 60.8 Å². The number of halogens is 2. The third-order valence-electron chi connectivity index (χ3n) is 3.85. The molecular weight excluding hydrogens is 312 g/mol. The first-order chi connectivity index (χ1) is 11.6. The van der Waals surface area contributed by atoms with Crippen LogP contribution in [0.5, 0.6) is 11.5 Å². The monoisotopic (exact) mass is 335 g/mol. The molecule has 0 aliphatic rings.